The van der Waals surface area contributed by atoms with Gasteiger partial charge >= 0.3 is 0 Å². The lowest BCUT2D eigenvalue weighted by Gasteiger charge is -2.34. The van der Waals surface area contributed by atoms with Gasteiger partial charge in [-0.05, 0) is 61.7 Å². The summed E-state index contributed by atoms with van der Waals surface area (Å²) in [7, 11) is -3.51. The minimum absolute atomic E-state index is 0.179. The Morgan fingerprint density at radius 1 is 0.946 bits per heavy atom. The summed E-state index contributed by atoms with van der Waals surface area (Å²) in [6, 6.07) is 12.7. The maximum Gasteiger partial charge on any atom is 0.251 e. The van der Waals surface area contributed by atoms with E-state index in [2.05, 4.69) is 40.2 Å². The Hall–Kier alpha value is -2.53. The quantitative estimate of drug-likeness (QED) is 0.491. The van der Waals surface area contributed by atoms with Crippen LogP contribution in [-0.4, -0.2) is 80.9 Å². The number of aryl methyl sites for hydroxylation is 1. The van der Waals surface area contributed by atoms with Crippen molar-refractivity contribution in [3.63, 3.8) is 0 Å². The SMILES string of the molecule is Cc1ccc2nc(N3CCN(CCNC(=O)c4ccc(S(=O)(=O)N5CCCCCC5)cc4)CC3)sc2c1. The summed E-state index contributed by atoms with van der Waals surface area (Å²) < 4.78 is 28.7. The van der Waals surface area contributed by atoms with Crippen molar-refractivity contribution in [3.05, 3.63) is 53.6 Å². The number of nitrogens with zero attached hydrogens (tertiary/aromatic N) is 4. The third kappa shape index (κ3) is 6.14. The van der Waals surface area contributed by atoms with Gasteiger partial charge in [-0.2, -0.15) is 4.31 Å². The molecule has 0 aliphatic carbocycles. The van der Waals surface area contributed by atoms with Crippen molar-refractivity contribution in [2.24, 2.45) is 0 Å². The first kappa shape index (κ1) is 26.1. The van der Waals surface area contributed by atoms with Gasteiger partial charge in [0.1, 0.15) is 0 Å². The maximum atomic E-state index is 13.0. The van der Waals surface area contributed by atoms with E-state index in [4.69, 9.17) is 4.98 Å². The fourth-order valence-electron chi connectivity index (χ4n) is 4.96. The molecule has 0 unspecified atom stereocenters. The van der Waals surface area contributed by atoms with Crippen molar-refractivity contribution in [2.45, 2.75) is 37.5 Å². The van der Waals surface area contributed by atoms with Gasteiger partial charge in [-0.1, -0.05) is 30.2 Å². The third-order valence-corrected chi connectivity index (χ3v) is 10.2. The second-order valence-electron chi connectivity index (χ2n) is 9.89. The van der Waals surface area contributed by atoms with Crippen LogP contribution in [0.4, 0.5) is 5.13 Å². The number of anilines is 1. The van der Waals surface area contributed by atoms with Gasteiger partial charge in [-0.3, -0.25) is 9.69 Å². The summed E-state index contributed by atoms with van der Waals surface area (Å²) >= 11 is 1.75. The number of rotatable bonds is 7. The van der Waals surface area contributed by atoms with Crippen LogP contribution in [0.15, 0.2) is 47.4 Å². The molecule has 5 rings (SSSR count). The molecule has 1 N–H and O–H groups in total. The first-order valence-corrected chi connectivity index (χ1v) is 15.4. The van der Waals surface area contributed by atoms with Crippen molar-refractivity contribution in [2.75, 3.05) is 57.3 Å². The number of nitrogens with one attached hydrogen (secondary N) is 1. The maximum absolute atomic E-state index is 13.0. The molecule has 198 valence electrons. The summed E-state index contributed by atoms with van der Waals surface area (Å²) in [5, 5.41) is 4.06. The van der Waals surface area contributed by atoms with E-state index in [0.717, 1.165) is 69.1 Å². The van der Waals surface area contributed by atoms with Crippen LogP contribution >= 0.6 is 11.3 Å². The lowest BCUT2D eigenvalue weighted by atomic mass is 10.2. The van der Waals surface area contributed by atoms with Crippen LogP contribution in [-0.2, 0) is 10.0 Å². The van der Waals surface area contributed by atoms with Crippen LogP contribution in [0.5, 0.6) is 0 Å². The van der Waals surface area contributed by atoms with E-state index in [1.165, 1.54) is 10.3 Å². The smallest absolute Gasteiger partial charge is 0.251 e. The largest absolute Gasteiger partial charge is 0.351 e. The van der Waals surface area contributed by atoms with Crippen LogP contribution in [0.3, 0.4) is 0 Å². The molecule has 8 nitrogen and oxygen atoms in total. The number of piperazine rings is 1. The van der Waals surface area contributed by atoms with Crippen molar-refractivity contribution >= 4 is 42.6 Å². The topological polar surface area (TPSA) is 85.9 Å². The number of benzene rings is 2. The molecule has 2 saturated heterocycles. The van der Waals surface area contributed by atoms with Gasteiger partial charge in [0, 0.05) is 57.9 Å². The number of amides is 1. The average molecular weight is 542 g/mol. The lowest BCUT2D eigenvalue weighted by molar-refractivity contribution is 0.0947. The van der Waals surface area contributed by atoms with E-state index in [-0.39, 0.29) is 10.8 Å². The summed E-state index contributed by atoms with van der Waals surface area (Å²) in [6.07, 6.45) is 3.94. The zero-order valence-electron chi connectivity index (χ0n) is 21.4. The minimum atomic E-state index is -3.51. The van der Waals surface area contributed by atoms with Crippen molar-refractivity contribution in [3.8, 4) is 0 Å². The fraction of sp³-hybridized carbons (Fsp3) is 0.481. The molecule has 0 radical (unpaired) electrons. The standard InChI is InChI=1S/C27H35N5O3S2/c1-21-6-11-24-25(20-21)36-27(29-24)31-18-16-30(17-19-31)15-12-28-26(33)22-7-9-23(10-8-22)37(34,35)32-13-4-2-3-5-14-32/h6-11,20H,2-5,12-19H2,1H3,(H,28,33). The Morgan fingerprint density at radius 2 is 1.65 bits per heavy atom. The van der Waals surface area contributed by atoms with Crippen molar-refractivity contribution in [1.82, 2.24) is 19.5 Å². The van der Waals surface area contributed by atoms with Gasteiger partial charge in [0.05, 0.1) is 15.1 Å². The summed E-state index contributed by atoms with van der Waals surface area (Å²) in [5.74, 6) is -0.179. The highest BCUT2D eigenvalue weighted by Crippen LogP contribution is 2.30. The monoisotopic (exact) mass is 541 g/mol. The first-order chi connectivity index (χ1) is 17.9. The molecule has 10 heteroatoms. The molecule has 0 atom stereocenters. The molecule has 2 aliphatic rings. The number of fused-ring (bicyclic) bond motifs is 1. The van der Waals surface area contributed by atoms with Gasteiger partial charge in [0.25, 0.3) is 5.91 Å². The number of sulfonamides is 1. The number of hydrogen-bond acceptors (Lipinski definition) is 7. The van der Waals surface area contributed by atoms with E-state index >= 15 is 0 Å². The number of carbonyl (C=O) groups is 1. The molecule has 2 fully saturated rings. The Bertz CT molecular complexity index is 1320. The normalized spacial score (nSPS) is 18.1. The number of carbonyl (C=O) groups excluding carboxylic acids is 1. The molecule has 0 spiro atoms. The molecular formula is C27H35N5O3S2. The summed E-state index contributed by atoms with van der Waals surface area (Å²) in [4.78, 5) is 22.4. The zero-order chi connectivity index (χ0) is 25.8. The van der Waals surface area contributed by atoms with Gasteiger partial charge in [0.15, 0.2) is 5.13 Å². The molecule has 37 heavy (non-hydrogen) atoms. The molecule has 1 aromatic heterocycles. The highest BCUT2D eigenvalue weighted by molar-refractivity contribution is 7.89. The van der Waals surface area contributed by atoms with Crippen LogP contribution in [0.2, 0.25) is 0 Å². The number of hydrogen-bond donors (Lipinski definition) is 1. The van der Waals surface area contributed by atoms with Gasteiger partial charge in [-0.15, -0.1) is 0 Å². The van der Waals surface area contributed by atoms with Crippen LogP contribution in [0.1, 0.15) is 41.6 Å². The summed E-state index contributed by atoms with van der Waals surface area (Å²) in [5.41, 5.74) is 2.79. The molecule has 2 aliphatic heterocycles. The lowest BCUT2D eigenvalue weighted by Crippen LogP contribution is -2.48. The average Bonchev–Trinajstić information content (AvgIpc) is 3.12. The first-order valence-electron chi connectivity index (χ1n) is 13.1. The predicted molar refractivity (Wildman–Crippen MR) is 149 cm³/mol. The highest BCUT2D eigenvalue weighted by atomic mass is 32.2. The Balaban J connectivity index is 1.08. The second-order valence-corrected chi connectivity index (χ2v) is 12.8. The van der Waals surface area contributed by atoms with Crippen LogP contribution < -0.4 is 10.2 Å². The molecule has 3 heterocycles. The minimum Gasteiger partial charge on any atom is -0.351 e. The molecule has 0 saturated carbocycles. The Labute approximate surface area is 223 Å². The van der Waals surface area contributed by atoms with Crippen LogP contribution in [0, 0.1) is 6.92 Å². The van der Waals surface area contributed by atoms with E-state index in [1.54, 1.807) is 39.9 Å². The van der Waals surface area contributed by atoms with E-state index in [1.807, 2.05) is 0 Å². The Kier molecular flexibility index (Phi) is 8.09. The molecule has 0 bridgehead atoms. The zero-order valence-corrected chi connectivity index (χ0v) is 23.0. The van der Waals surface area contributed by atoms with E-state index in [0.29, 0.717) is 25.2 Å². The fourth-order valence-corrected chi connectivity index (χ4v) is 7.59. The summed E-state index contributed by atoms with van der Waals surface area (Å²) in [6.45, 7) is 8.25. The Morgan fingerprint density at radius 3 is 2.35 bits per heavy atom. The molecule has 3 aromatic rings. The second kappa shape index (κ2) is 11.5. The molecule has 2 aromatic carbocycles. The predicted octanol–water partition coefficient (Wildman–Crippen LogP) is 3.72. The van der Waals surface area contributed by atoms with Gasteiger partial charge in [0.2, 0.25) is 10.0 Å². The molecule has 1 amide bonds. The van der Waals surface area contributed by atoms with Gasteiger partial charge < -0.3 is 10.2 Å². The number of thiazole rings is 1. The highest BCUT2D eigenvalue weighted by Gasteiger charge is 2.25. The van der Waals surface area contributed by atoms with E-state index in [9.17, 15) is 13.2 Å². The van der Waals surface area contributed by atoms with Gasteiger partial charge in [-0.25, -0.2) is 13.4 Å². The number of aromatic nitrogens is 1. The molecular weight excluding hydrogens is 506 g/mol. The van der Waals surface area contributed by atoms with E-state index < -0.39 is 10.0 Å². The van der Waals surface area contributed by atoms with Crippen molar-refractivity contribution in [1.29, 1.82) is 0 Å². The van der Waals surface area contributed by atoms with Crippen molar-refractivity contribution < 1.29 is 13.2 Å². The van der Waals surface area contributed by atoms with Crippen LogP contribution in [0.25, 0.3) is 10.2 Å². The third-order valence-electron chi connectivity index (χ3n) is 7.21.